The van der Waals surface area contributed by atoms with Crippen LogP contribution in [0.4, 0.5) is 20.3 Å². The zero-order valence-electron chi connectivity index (χ0n) is 12.5. The lowest BCUT2D eigenvalue weighted by molar-refractivity contribution is 0.1000. The van der Waals surface area contributed by atoms with Crippen LogP contribution < -0.4 is 11.1 Å². The Morgan fingerprint density at radius 3 is 2.68 bits per heavy atom. The Morgan fingerprint density at radius 2 is 1.92 bits per heavy atom. The first kappa shape index (κ1) is 15.3. The van der Waals surface area contributed by atoms with Crippen LogP contribution in [0, 0.1) is 11.6 Å². The number of thiazole rings is 1. The summed E-state index contributed by atoms with van der Waals surface area (Å²) in [6, 6.07) is 6.63. The van der Waals surface area contributed by atoms with Crippen molar-refractivity contribution >= 4 is 49.9 Å². The minimum Gasteiger partial charge on any atom is -0.364 e. The predicted molar refractivity (Wildman–Crippen MR) is 90.9 cm³/mol. The molecule has 25 heavy (non-hydrogen) atoms. The van der Waals surface area contributed by atoms with E-state index >= 15 is 0 Å². The Bertz CT molecular complexity index is 1140. The van der Waals surface area contributed by atoms with E-state index in [-0.39, 0.29) is 10.7 Å². The van der Waals surface area contributed by atoms with Crippen molar-refractivity contribution < 1.29 is 13.6 Å². The van der Waals surface area contributed by atoms with E-state index in [0.717, 1.165) is 23.5 Å². The third kappa shape index (κ3) is 2.64. The van der Waals surface area contributed by atoms with Crippen LogP contribution >= 0.6 is 11.3 Å². The third-order valence-corrected chi connectivity index (χ3v) is 4.65. The molecular weight excluding hydrogens is 348 g/mol. The van der Waals surface area contributed by atoms with E-state index in [9.17, 15) is 13.6 Å². The molecule has 0 radical (unpaired) electrons. The third-order valence-electron chi connectivity index (χ3n) is 3.55. The van der Waals surface area contributed by atoms with E-state index in [4.69, 9.17) is 5.73 Å². The number of fused-ring (bicyclic) bond motifs is 3. The van der Waals surface area contributed by atoms with Crippen molar-refractivity contribution in [3.05, 3.63) is 53.3 Å². The highest BCUT2D eigenvalue weighted by molar-refractivity contribution is 7.21. The first-order valence-electron chi connectivity index (χ1n) is 7.09. The van der Waals surface area contributed by atoms with E-state index in [0.29, 0.717) is 26.9 Å². The van der Waals surface area contributed by atoms with Crippen LogP contribution in [-0.2, 0) is 0 Å². The normalized spacial score (nSPS) is 11.1. The number of amides is 1. The molecule has 0 saturated heterocycles. The van der Waals surface area contributed by atoms with Gasteiger partial charge in [0.2, 0.25) is 0 Å². The summed E-state index contributed by atoms with van der Waals surface area (Å²) in [6.45, 7) is 0. The fourth-order valence-corrected chi connectivity index (χ4v) is 3.41. The van der Waals surface area contributed by atoms with Crippen LogP contribution in [0.3, 0.4) is 0 Å². The Kier molecular flexibility index (Phi) is 3.50. The monoisotopic (exact) mass is 357 g/mol. The molecule has 0 bridgehead atoms. The molecule has 2 heterocycles. The standard InChI is InChI=1S/C16H9F2N5OS/c17-7-1-2-9(8(18)5-7)22-15-12-10(20-6-21-15)3-4-11-13(12)25-16(23-11)14(19)24/h1-6H,(H2,19,24)(H,20,21,22). The maximum Gasteiger partial charge on any atom is 0.277 e. The number of hydrogen-bond donors (Lipinski definition) is 2. The van der Waals surface area contributed by atoms with Gasteiger partial charge < -0.3 is 11.1 Å². The number of nitrogens with one attached hydrogen (secondary N) is 1. The van der Waals surface area contributed by atoms with Gasteiger partial charge in [-0.15, -0.1) is 11.3 Å². The lowest BCUT2D eigenvalue weighted by atomic mass is 10.2. The lowest BCUT2D eigenvalue weighted by Gasteiger charge is -2.09. The SMILES string of the molecule is NC(=O)c1nc2ccc3ncnc(Nc4ccc(F)cc4F)c3c2s1. The van der Waals surface area contributed by atoms with E-state index < -0.39 is 17.5 Å². The predicted octanol–water partition coefficient (Wildman–Crippen LogP) is 3.36. The van der Waals surface area contributed by atoms with Crippen LogP contribution in [0.1, 0.15) is 9.80 Å². The van der Waals surface area contributed by atoms with Crippen LogP contribution in [-0.4, -0.2) is 20.9 Å². The van der Waals surface area contributed by atoms with Crippen LogP contribution in [0.25, 0.3) is 21.1 Å². The summed E-state index contributed by atoms with van der Waals surface area (Å²) in [5.74, 6) is -1.74. The zero-order valence-corrected chi connectivity index (χ0v) is 13.3. The fourth-order valence-electron chi connectivity index (χ4n) is 2.45. The van der Waals surface area contributed by atoms with Gasteiger partial charge in [0.15, 0.2) is 5.01 Å². The number of rotatable bonds is 3. The molecular formula is C16H9F2N5OS. The van der Waals surface area contributed by atoms with Gasteiger partial charge in [0.25, 0.3) is 5.91 Å². The second kappa shape index (κ2) is 5.71. The maximum atomic E-state index is 13.9. The quantitative estimate of drug-likeness (QED) is 0.586. The summed E-state index contributed by atoms with van der Waals surface area (Å²) in [5, 5.41) is 3.58. The Morgan fingerprint density at radius 1 is 1.12 bits per heavy atom. The summed E-state index contributed by atoms with van der Waals surface area (Å²) in [5.41, 5.74) is 6.51. The number of nitrogens with zero attached hydrogens (tertiary/aromatic N) is 3. The number of hydrogen-bond acceptors (Lipinski definition) is 6. The van der Waals surface area contributed by atoms with Gasteiger partial charge >= 0.3 is 0 Å². The topological polar surface area (TPSA) is 93.8 Å². The second-order valence-corrected chi connectivity index (χ2v) is 6.16. The number of carbonyl (C=O) groups is 1. The van der Waals surface area contributed by atoms with E-state index in [1.807, 2.05) is 0 Å². The second-order valence-electron chi connectivity index (χ2n) is 5.16. The van der Waals surface area contributed by atoms with Crippen molar-refractivity contribution in [3.8, 4) is 0 Å². The molecule has 0 aliphatic rings. The molecule has 4 rings (SSSR count). The summed E-state index contributed by atoms with van der Waals surface area (Å²) in [7, 11) is 0. The number of carbonyl (C=O) groups excluding carboxylic acids is 1. The molecule has 0 unspecified atom stereocenters. The molecule has 3 N–H and O–H groups in total. The molecule has 0 aliphatic carbocycles. The number of benzene rings is 2. The van der Waals surface area contributed by atoms with Crippen LogP contribution in [0.5, 0.6) is 0 Å². The molecule has 4 aromatic rings. The number of halogens is 2. The molecule has 6 nitrogen and oxygen atoms in total. The molecule has 0 aliphatic heterocycles. The average molecular weight is 357 g/mol. The smallest absolute Gasteiger partial charge is 0.277 e. The van der Waals surface area contributed by atoms with Gasteiger partial charge in [0.05, 0.1) is 26.8 Å². The zero-order chi connectivity index (χ0) is 17.6. The van der Waals surface area contributed by atoms with Gasteiger partial charge in [-0.2, -0.15) is 0 Å². The Balaban J connectivity index is 1.93. The first-order valence-corrected chi connectivity index (χ1v) is 7.91. The van der Waals surface area contributed by atoms with Crippen molar-refractivity contribution in [3.63, 3.8) is 0 Å². The first-order chi connectivity index (χ1) is 12.0. The number of primary amides is 1. The highest BCUT2D eigenvalue weighted by Gasteiger charge is 2.16. The van der Waals surface area contributed by atoms with E-state index in [1.54, 1.807) is 12.1 Å². The molecule has 1 amide bonds. The molecule has 0 spiro atoms. The van der Waals surface area contributed by atoms with Gasteiger partial charge in [0, 0.05) is 6.07 Å². The van der Waals surface area contributed by atoms with E-state index in [2.05, 4.69) is 20.3 Å². The lowest BCUT2D eigenvalue weighted by Crippen LogP contribution is -2.09. The Labute approximate surface area is 143 Å². The summed E-state index contributed by atoms with van der Waals surface area (Å²) in [6.07, 6.45) is 1.33. The summed E-state index contributed by atoms with van der Waals surface area (Å²) in [4.78, 5) is 23.9. The van der Waals surface area contributed by atoms with Crippen LogP contribution in [0.2, 0.25) is 0 Å². The van der Waals surface area contributed by atoms with E-state index in [1.165, 1.54) is 12.4 Å². The van der Waals surface area contributed by atoms with Crippen LogP contribution in [0.15, 0.2) is 36.7 Å². The number of anilines is 2. The molecule has 0 atom stereocenters. The molecule has 124 valence electrons. The minimum atomic E-state index is -0.749. The number of nitrogens with two attached hydrogens (primary N) is 1. The average Bonchev–Trinajstić information content (AvgIpc) is 3.02. The highest BCUT2D eigenvalue weighted by Crippen LogP contribution is 2.34. The molecule has 2 aromatic carbocycles. The minimum absolute atomic E-state index is 0.0676. The Hall–Kier alpha value is -3.20. The van der Waals surface area contributed by atoms with Crippen molar-refractivity contribution in [2.45, 2.75) is 0 Å². The molecule has 0 fully saturated rings. The summed E-state index contributed by atoms with van der Waals surface area (Å²) >= 11 is 1.11. The molecule has 2 aromatic heterocycles. The maximum absolute atomic E-state index is 13.9. The van der Waals surface area contributed by atoms with Gasteiger partial charge in [-0.05, 0) is 24.3 Å². The number of aromatic nitrogens is 3. The van der Waals surface area contributed by atoms with Crippen molar-refractivity contribution in [2.24, 2.45) is 5.73 Å². The largest absolute Gasteiger partial charge is 0.364 e. The summed E-state index contributed by atoms with van der Waals surface area (Å²) < 4.78 is 27.7. The van der Waals surface area contributed by atoms with Crippen molar-refractivity contribution in [1.82, 2.24) is 15.0 Å². The van der Waals surface area contributed by atoms with Crippen molar-refractivity contribution in [2.75, 3.05) is 5.32 Å². The van der Waals surface area contributed by atoms with Gasteiger partial charge in [0.1, 0.15) is 23.8 Å². The molecule has 9 heteroatoms. The van der Waals surface area contributed by atoms with Crippen molar-refractivity contribution in [1.29, 1.82) is 0 Å². The van der Waals surface area contributed by atoms with Gasteiger partial charge in [-0.1, -0.05) is 0 Å². The highest BCUT2D eigenvalue weighted by atomic mass is 32.1. The van der Waals surface area contributed by atoms with Gasteiger partial charge in [-0.25, -0.2) is 23.7 Å². The van der Waals surface area contributed by atoms with Gasteiger partial charge in [-0.3, -0.25) is 4.79 Å². The molecule has 0 saturated carbocycles. The fraction of sp³-hybridized carbons (Fsp3) is 0.